The van der Waals surface area contributed by atoms with E-state index in [4.69, 9.17) is 22.1 Å². The van der Waals surface area contributed by atoms with Crippen LogP contribution in [-0.4, -0.2) is 5.97 Å². The molecule has 0 heterocycles. The van der Waals surface area contributed by atoms with Crippen LogP contribution in [-0.2, 0) is 11.3 Å². The molecule has 2 aromatic rings. The highest BCUT2D eigenvalue weighted by atomic mass is 35.5. The Bertz CT molecular complexity index is 616. The molecule has 0 fully saturated rings. The molecule has 0 saturated heterocycles. The molecule has 0 amide bonds. The first-order chi connectivity index (χ1) is 9.06. The number of esters is 1. The third-order valence-electron chi connectivity index (χ3n) is 2.49. The normalized spacial score (nSPS) is 10.2. The lowest BCUT2D eigenvalue weighted by molar-refractivity contribution is 0.0472. The zero-order valence-corrected chi connectivity index (χ0v) is 10.7. The fourth-order valence-electron chi connectivity index (χ4n) is 1.53. The molecule has 0 radical (unpaired) electrons. The largest absolute Gasteiger partial charge is 0.457 e. The van der Waals surface area contributed by atoms with Crippen LogP contribution in [0.15, 0.2) is 42.5 Å². The Kier molecular flexibility index (Phi) is 4.02. The molecule has 98 valence electrons. The van der Waals surface area contributed by atoms with E-state index >= 15 is 0 Å². The summed E-state index contributed by atoms with van der Waals surface area (Å²) in [4.78, 5) is 11.8. The first kappa shape index (κ1) is 13.4. The smallest absolute Gasteiger partial charge is 0.338 e. The number of rotatable bonds is 3. The highest BCUT2D eigenvalue weighted by Crippen LogP contribution is 2.20. The van der Waals surface area contributed by atoms with Gasteiger partial charge in [-0.25, -0.2) is 9.18 Å². The fourth-order valence-corrected chi connectivity index (χ4v) is 1.65. The summed E-state index contributed by atoms with van der Waals surface area (Å²) in [5, 5.41) is 0.377. The number of nitrogen functional groups attached to an aromatic ring is 1. The van der Waals surface area contributed by atoms with Gasteiger partial charge in [-0.1, -0.05) is 23.7 Å². The zero-order valence-electron chi connectivity index (χ0n) is 9.90. The minimum absolute atomic E-state index is 0.000869. The van der Waals surface area contributed by atoms with Crippen molar-refractivity contribution in [2.75, 3.05) is 5.73 Å². The lowest BCUT2D eigenvalue weighted by Crippen LogP contribution is -2.06. The van der Waals surface area contributed by atoms with Gasteiger partial charge in [-0.05, 0) is 35.9 Å². The van der Waals surface area contributed by atoms with Crippen LogP contribution < -0.4 is 5.73 Å². The van der Waals surface area contributed by atoms with E-state index in [-0.39, 0.29) is 12.4 Å². The Hall–Kier alpha value is -2.07. The summed E-state index contributed by atoms with van der Waals surface area (Å²) in [5.41, 5.74) is 6.79. The van der Waals surface area contributed by atoms with E-state index < -0.39 is 5.97 Å². The summed E-state index contributed by atoms with van der Waals surface area (Å²) >= 11 is 5.76. The lowest BCUT2D eigenvalue weighted by Gasteiger charge is -2.06. The van der Waals surface area contributed by atoms with Gasteiger partial charge in [0.2, 0.25) is 0 Å². The van der Waals surface area contributed by atoms with Crippen LogP contribution in [0.4, 0.5) is 10.1 Å². The molecule has 0 aromatic heterocycles. The van der Waals surface area contributed by atoms with Crippen LogP contribution >= 0.6 is 11.6 Å². The number of halogens is 2. The molecule has 2 aromatic carbocycles. The molecule has 0 aliphatic heterocycles. The van der Waals surface area contributed by atoms with E-state index in [2.05, 4.69) is 0 Å². The van der Waals surface area contributed by atoms with E-state index in [1.54, 1.807) is 12.1 Å². The third kappa shape index (κ3) is 3.45. The van der Waals surface area contributed by atoms with Gasteiger partial charge in [0.25, 0.3) is 0 Å². The number of ether oxygens (including phenoxy) is 1. The molecule has 0 aliphatic rings. The Morgan fingerprint density at radius 1 is 1.26 bits per heavy atom. The summed E-state index contributed by atoms with van der Waals surface area (Å²) in [5.74, 6) is -0.906. The molecule has 0 spiro atoms. The summed E-state index contributed by atoms with van der Waals surface area (Å²) in [6.07, 6.45) is 0. The van der Waals surface area contributed by atoms with Crippen molar-refractivity contribution < 1.29 is 13.9 Å². The van der Waals surface area contributed by atoms with Crippen LogP contribution in [0.3, 0.4) is 0 Å². The van der Waals surface area contributed by atoms with Gasteiger partial charge in [-0.3, -0.25) is 0 Å². The highest BCUT2D eigenvalue weighted by molar-refractivity contribution is 6.33. The van der Waals surface area contributed by atoms with Crippen molar-refractivity contribution in [3.8, 4) is 0 Å². The summed E-state index contributed by atoms with van der Waals surface area (Å²) in [6.45, 7) is -0.000869. The van der Waals surface area contributed by atoms with Crippen LogP contribution in [0.2, 0.25) is 5.02 Å². The van der Waals surface area contributed by atoms with Gasteiger partial charge in [0, 0.05) is 0 Å². The van der Waals surface area contributed by atoms with E-state index in [1.165, 1.54) is 30.3 Å². The number of hydrogen-bond acceptors (Lipinski definition) is 3. The van der Waals surface area contributed by atoms with Gasteiger partial charge in [-0.2, -0.15) is 0 Å². The standard InChI is InChI=1S/C14H11ClFNO2/c15-12-5-4-10(7-13(12)17)14(18)19-8-9-2-1-3-11(16)6-9/h1-7H,8,17H2. The third-order valence-corrected chi connectivity index (χ3v) is 2.83. The van der Waals surface area contributed by atoms with Gasteiger partial charge in [0.15, 0.2) is 0 Å². The van der Waals surface area contributed by atoms with Gasteiger partial charge in [-0.15, -0.1) is 0 Å². The average Bonchev–Trinajstić information content (AvgIpc) is 2.39. The number of nitrogens with two attached hydrogens (primary N) is 1. The van der Waals surface area contributed by atoms with Crippen LogP contribution in [0.25, 0.3) is 0 Å². The van der Waals surface area contributed by atoms with Crippen molar-refractivity contribution in [2.45, 2.75) is 6.61 Å². The van der Waals surface area contributed by atoms with Crippen molar-refractivity contribution in [3.05, 3.63) is 64.4 Å². The Labute approximate surface area is 114 Å². The van der Waals surface area contributed by atoms with Crippen molar-refractivity contribution in [1.82, 2.24) is 0 Å². The van der Waals surface area contributed by atoms with Crippen molar-refractivity contribution in [1.29, 1.82) is 0 Å². The van der Waals surface area contributed by atoms with Crippen LogP contribution in [0.5, 0.6) is 0 Å². The highest BCUT2D eigenvalue weighted by Gasteiger charge is 2.09. The molecule has 0 unspecified atom stereocenters. The van der Waals surface area contributed by atoms with Gasteiger partial charge >= 0.3 is 5.97 Å². The maximum Gasteiger partial charge on any atom is 0.338 e. The Morgan fingerprint density at radius 2 is 2.05 bits per heavy atom. The lowest BCUT2D eigenvalue weighted by atomic mass is 10.2. The predicted molar refractivity (Wildman–Crippen MR) is 71.4 cm³/mol. The fraction of sp³-hybridized carbons (Fsp3) is 0.0714. The van der Waals surface area contributed by atoms with E-state index in [1.807, 2.05) is 0 Å². The molecule has 0 bridgehead atoms. The van der Waals surface area contributed by atoms with Crippen LogP contribution in [0.1, 0.15) is 15.9 Å². The molecular weight excluding hydrogens is 269 g/mol. The summed E-state index contributed by atoms with van der Waals surface area (Å²) in [6, 6.07) is 10.3. The van der Waals surface area contributed by atoms with Gasteiger partial charge in [0.1, 0.15) is 12.4 Å². The zero-order chi connectivity index (χ0) is 13.8. The average molecular weight is 280 g/mol. The molecule has 19 heavy (non-hydrogen) atoms. The summed E-state index contributed by atoms with van der Waals surface area (Å²) in [7, 11) is 0. The Balaban J connectivity index is 2.03. The molecule has 2 rings (SSSR count). The number of benzene rings is 2. The monoisotopic (exact) mass is 279 g/mol. The van der Waals surface area contributed by atoms with E-state index in [9.17, 15) is 9.18 Å². The molecular formula is C14H11ClFNO2. The number of anilines is 1. The van der Waals surface area contributed by atoms with Crippen molar-refractivity contribution in [3.63, 3.8) is 0 Å². The van der Waals surface area contributed by atoms with Gasteiger partial charge in [0.05, 0.1) is 16.3 Å². The summed E-state index contributed by atoms with van der Waals surface area (Å²) < 4.78 is 18.0. The maximum absolute atomic E-state index is 12.9. The topological polar surface area (TPSA) is 52.3 Å². The second-order valence-electron chi connectivity index (χ2n) is 3.94. The minimum atomic E-state index is -0.535. The van der Waals surface area contributed by atoms with Gasteiger partial charge < -0.3 is 10.5 Å². The van der Waals surface area contributed by atoms with Crippen molar-refractivity contribution in [2.24, 2.45) is 0 Å². The quantitative estimate of drug-likeness (QED) is 0.692. The first-order valence-corrected chi connectivity index (χ1v) is 5.90. The second-order valence-corrected chi connectivity index (χ2v) is 4.35. The Morgan fingerprint density at radius 3 is 2.74 bits per heavy atom. The number of carbonyl (C=O) groups excluding carboxylic acids is 1. The predicted octanol–water partition coefficient (Wildman–Crippen LogP) is 3.42. The maximum atomic E-state index is 12.9. The molecule has 0 aliphatic carbocycles. The van der Waals surface area contributed by atoms with E-state index in [0.717, 1.165) is 0 Å². The number of hydrogen-bond donors (Lipinski definition) is 1. The van der Waals surface area contributed by atoms with Crippen LogP contribution in [0, 0.1) is 5.82 Å². The number of carbonyl (C=O) groups is 1. The SMILES string of the molecule is Nc1cc(C(=O)OCc2cccc(F)c2)ccc1Cl. The molecule has 0 atom stereocenters. The molecule has 2 N–H and O–H groups in total. The first-order valence-electron chi connectivity index (χ1n) is 5.53. The molecule has 5 heteroatoms. The molecule has 0 saturated carbocycles. The van der Waals surface area contributed by atoms with E-state index in [0.29, 0.717) is 21.8 Å². The minimum Gasteiger partial charge on any atom is -0.457 e. The van der Waals surface area contributed by atoms with Crippen molar-refractivity contribution >= 4 is 23.3 Å². The molecule has 3 nitrogen and oxygen atoms in total. The second kappa shape index (κ2) is 5.71.